The number of phenols is 1. The molecule has 1 aliphatic rings. The molecule has 3 rings (SSSR count). The number of phenolic OH excluding ortho intramolecular Hbond substituents is 1. The molecule has 2 aromatic carbocycles. The summed E-state index contributed by atoms with van der Waals surface area (Å²) in [6.45, 7) is 0.0118. The first kappa shape index (κ1) is 19.7. The number of benzene rings is 2. The van der Waals surface area contributed by atoms with Crippen LogP contribution in [0.3, 0.4) is 0 Å². The third-order valence-electron chi connectivity index (χ3n) is 4.41. The summed E-state index contributed by atoms with van der Waals surface area (Å²) in [6.07, 6.45) is -4.63. The number of nitrogens with zero attached hydrogens (tertiary/aromatic N) is 2. The zero-order chi connectivity index (χ0) is 20.6. The Hall–Kier alpha value is -3.10. The molecule has 5 nitrogen and oxygen atoms in total. The number of amides is 2. The van der Waals surface area contributed by atoms with Gasteiger partial charge in [0.1, 0.15) is 24.2 Å². The van der Waals surface area contributed by atoms with Crippen LogP contribution < -0.4 is 9.80 Å². The van der Waals surface area contributed by atoms with Gasteiger partial charge in [0.2, 0.25) is 0 Å². The average molecular weight is 396 g/mol. The zero-order valence-electron chi connectivity index (χ0n) is 14.7. The molecule has 9 heteroatoms. The molecule has 0 bridgehead atoms. The largest absolute Gasteiger partial charge is 0.508 e. The van der Waals surface area contributed by atoms with Gasteiger partial charge in [-0.15, -0.1) is 0 Å². The van der Waals surface area contributed by atoms with Crippen LogP contribution in [0, 0.1) is 5.82 Å². The fourth-order valence-electron chi connectivity index (χ4n) is 3.19. The number of hydrogen-bond donors (Lipinski definition) is 1. The van der Waals surface area contributed by atoms with Crippen molar-refractivity contribution in [1.29, 1.82) is 0 Å². The van der Waals surface area contributed by atoms with Gasteiger partial charge < -0.3 is 5.11 Å². The van der Waals surface area contributed by atoms with Crippen molar-refractivity contribution >= 4 is 23.2 Å². The SMILES string of the molecule is CC[C@@H]1C(=O)N(CC(F)(F)F)c2ccc(F)cc2N1C(=O)c1ccc(O)cc1. The van der Waals surface area contributed by atoms with E-state index in [1.807, 2.05) is 0 Å². The van der Waals surface area contributed by atoms with Crippen molar-refractivity contribution in [2.24, 2.45) is 0 Å². The van der Waals surface area contributed by atoms with E-state index in [4.69, 9.17) is 0 Å². The van der Waals surface area contributed by atoms with E-state index in [-0.39, 0.29) is 29.1 Å². The van der Waals surface area contributed by atoms with Crippen molar-refractivity contribution < 1.29 is 32.3 Å². The summed E-state index contributed by atoms with van der Waals surface area (Å²) in [5.74, 6) is -2.41. The number of carbonyl (C=O) groups excluding carboxylic acids is 2. The van der Waals surface area contributed by atoms with Crippen LogP contribution in [0.25, 0.3) is 0 Å². The maximum atomic E-state index is 13.9. The third-order valence-corrected chi connectivity index (χ3v) is 4.41. The van der Waals surface area contributed by atoms with Crippen LogP contribution in [-0.2, 0) is 4.79 Å². The highest BCUT2D eigenvalue weighted by Gasteiger charge is 2.44. The Morgan fingerprint density at radius 2 is 1.75 bits per heavy atom. The highest BCUT2D eigenvalue weighted by atomic mass is 19.4. The Morgan fingerprint density at radius 1 is 1.11 bits per heavy atom. The Kier molecular flexibility index (Phi) is 5.01. The molecule has 2 amide bonds. The number of rotatable bonds is 3. The van der Waals surface area contributed by atoms with Crippen molar-refractivity contribution in [3.8, 4) is 5.75 Å². The minimum Gasteiger partial charge on any atom is -0.508 e. The molecule has 1 heterocycles. The van der Waals surface area contributed by atoms with E-state index in [1.165, 1.54) is 24.3 Å². The van der Waals surface area contributed by atoms with Gasteiger partial charge in [-0.2, -0.15) is 13.2 Å². The predicted molar refractivity (Wildman–Crippen MR) is 93.8 cm³/mol. The van der Waals surface area contributed by atoms with Crippen molar-refractivity contribution in [2.45, 2.75) is 25.6 Å². The van der Waals surface area contributed by atoms with Crippen molar-refractivity contribution in [3.63, 3.8) is 0 Å². The fraction of sp³-hybridized carbons (Fsp3) is 0.263. The first-order valence-electron chi connectivity index (χ1n) is 8.42. The fourth-order valence-corrected chi connectivity index (χ4v) is 3.19. The van der Waals surface area contributed by atoms with E-state index in [9.17, 15) is 32.3 Å². The number of hydrogen-bond acceptors (Lipinski definition) is 3. The maximum absolute atomic E-state index is 13.9. The van der Waals surface area contributed by atoms with E-state index < -0.39 is 36.4 Å². The van der Waals surface area contributed by atoms with Gasteiger partial charge in [-0.3, -0.25) is 19.4 Å². The first-order valence-corrected chi connectivity index (χ1v) is 8.42. The van der Waals surface area contributed by atoms with Gasteiger partial charge in [0.15, 0.2) is 0 Å². The zero-order valence-corrected chi connectivity index (χ0v) is 14.7. The van der Waals surface area contributed by atoms with Crippen LogP contribution in [0.1, 0.15) is 23.7 Å². The topological polar surface area (TPSA) is 60.9 Å². The van der Waals surface area contributed by atoms with E-state index >= 15 is 0 Å². The molecule has 2 aromatic rings. The van der Waals surface area contributed by atoms with E-state index in [1.54, 1.807) is 6.92 Å². The Bertz CT molecular complexity index is 912. The first-order chi connectivity index (χ1) is 13.1. The van der Waals surface area contributed by atoms with Gasteiger partial charge in [-0.05, 0) is 48.9 Å². The second-order valence-electron chi connectivity index (χ2n) is 6.32. The van der Waals surface area contributed by atoms with Crippen LogP contribution in [0.5, 0.6) is 5.75 Å². The van der Waals surface area contributed by atoms with Crippen LogP contribution in [0.2, 0.25) is 0 Å². The predicted octanol–water partition coefficient (Wildman–Crippen LogP) is 3.87. The lowest BCUT2D eigenvalue weighted by Crippen LogP contribution is -2.57. The number of carbonyl (C=O) groups is 2. The Morgan fingerprint density at radius 3 is 2.32 bits per heavy atom. The third kappa shape index (κ3) is 3.64. The van der Waals surface area contributed by atoms with Gasteiger partial charge in [0.05, 0.1) is 11.4 Å². The molecule has 0 unspecified atom stereocenters. The standard InChI is InChI=1S/C19H16F4N2O3/c1-2-14-18(28)24(10-19(21,22)23)15-8-5-12(20)9-16(15)25(14)17(27)11-3-6-13(26)7-4-11/h3-9,14,26H,2,10H2,1H3/t14-/m1/s1. The molecule has 148 valence electrons. The molecule has 28 heavy (non-hydrogen) atoms. The number of fused-ring (bicyclic) bond motifs is 1. The highest BCUT2D eigenvalue weighted by Crippen LogP contribution is 2.40. The number of anilines is 2. The summed E-state index contributed by atoms with van der Waals surface area (Å²) in [5, 5.41) is 9.38. The maximum Gasteiger partial charge on any atom is 0.406 e. The van der Waals surface area contributed by atoms with E-state index in [2.05, 4.69) is 0 Å². The van der Waals surface area contributed by atoms with E-state index in [0.29, 0.717) is 4.90 Å². The summed E-state index contributed by atoms with van der Waals surface area (Å²) < 4.78 is 52.9. The van der Waals surface area contributed by atoms with Gasteiger partial charge in [0.25, 0.3) is 11.8 Å². The number of alkyl halides is 3. The smallest absolute Gasteiger partial charge is 0.406 e. The minimum absolute atomic E-state index is 0.0347. The molecule has 1 atom stereocenters. The van der Waals surface area contributed by atoms with Gasteiger partial charge in [-0.1, -0.05) is 6.92 Å². The lowest BCUT2D eigenvalue weighted by atomic mass is 10.0. The molecule has 0 saturated carbocycles. The molecule has 0 aliphatic carbocycles. The van der Waals surface area contributed by atoms with E-state index in [0.717, 1.165) is 23.1 Å². The van der Waals surface area contributed by atoms with Crippen molar-refractivity contribution in [3.05, 3.63) is 53.8 Å². The van der Waals surface area contributed by atoms with Gasteiger partial charge in [0, 0.05) is 5.56 Å². The molecular formula is C19H16F4N2O3. The molecular weight excluding hydrogens is 380 g/mol. The molecule has 1 aliphatic heterocycles. The second-order valence-corrected chi connectivity index (χ2v) is 6.32. The van der Waals surface area contributed by atoms with Crippen LogP contribution >= 0.6 is 0 Å². The average Bonchev–Trinajstić information content (AvgIpc) is 2.62. The molecule has 0 saturated heterocycles. The quantitative estimate of drug-likeness (QED) is 0.802. The molecule has 0 radical (unpaired) electrons. The van der Waals surface area contributed by atoms with Crippen molar-refractivity contribution in [1.82, 2.24) is 0 Å². The number of aromatic hydroxyl groups is 1. The summed E-state index contributed by atoms with van der Waals surface area (Å²) in [6, 6.07) is 6.86. The monoisotopic (exact) mass is 396 g/mol. The summed E-state index contributed by atoms with van der Waals surface area (Å²) >= 11 is 0. The minimum atomic E-state index is -4.66. The van der Waals surface area contributed by atoms with Gasteiger partial charge in [-0.25, -0.2) is 4.39 Å². The lowest BCUT2D eigenvalue weighted by molar-refractivity contribution is -0.133. The molecule has 1 N–H and O–H groups in total. The Balaban J connectivity index is 2.14. The van der Waals surface area contributed by atoms with Crippen molar-refractivity contribution in [2.75, 3.05) is 16.3 Å². The normalized spacial score (nSPS) is 16.9. The molecule has 0 aromatic heterocycles. The summed E-state index contributed by atoms with van der Waals surface area (Å²) in [4.78, 5) is 27.3. The summed E-state index contributed by atoms with van der Waals surface area (Å²) in [7, 11) is 0. The Labute approximate surface area is 157 Å². The van der Waals surface area contributed by atoms with Crippen LogP contribution in [-0.4, -0.2) is 35.7 Å². The molecule has 0 fully saturated rings. The second kappa shape index (κ2) is 7.14. The molecule has 0 spiro atoms. The van der Waals surface area contributed by atoms with Crippen LogP contribution in [0.15, 0.2) is 42.5 Å². The van der Waals surface area contributed by atoms with Crippen LogP contribution in [0.4, 0.5) is 28.9 Å². The lowest BCUT2D eigenvalue weighted by Gasteiger charge is -2.41. The van der Waals surface area contributed by atoms with Gasteiger partial charge >= 0.3 is 6.18 Å². The summed E-state index contributed by atoms with van der Waals surface area (Å²) in [5.41, 5.74) is -0.210. The number of halogens is 4. The highest BCUT2D eigenvalue weighted by molar-refractivity contribution is 6.17.